The summed E-state index contributed by atoms with van der Waals surface area (Å²) in [5, 5.41) is 3.33. The Bertz CT molecular complexity index is 528. The lowest BCUT2D eigenvalue weighted by Gasteiger charge is -2.09. The Morgan fingerprint density at radius 1 is 1.05 bits per heavy atom. The molecule has 0 saturated carbocycles. The van der Waals surface area contributed by atoms with E-state index in [9.17, 15) is 0 Å². The van der Waals surface area contributed by atoms with Gasteiger partial charge in [-0.1, -0.05) is 43.3 Å². The van der Waals surface area contributed by atoms with Crippen LogP contribution in [0.2, 0.25) is 0 Å². The number of para-hydroxylation sites is 1. The van der Waals surface area contributed by atoms with Gasteiger partial charge < -0.3 is 10.1 Å². The standard InChI is InChI=1S/C16H18BrNO/c1-2-18-11-13-6-5-7-14(10-13)12-19-16-9-4-3-8-15(16)17/h3-10,18H,2,11-12H2,1H3. The van der Waals surface area contributed by atoms with Crippen LogP contribution in [0, 0.1) is 0 Å². The molecule has 3 heteroatoms. The summed E-state index contributed by atoms with van der Waals surface area (Å²) in [5.74, 6) is 0.875. The molecule has 0 saturated heterocycles. The highest BCUT2D eigenvalue weighted by molar-refractivity contribution is 9.10. The number of rotatable bonds is 6. The molecule has 0 bridgehead atoms. The Morgan fingerprint density at radius 3 is 2.63 bits per heavy atom. The summed E-state index contributed by atoms with van der Waals surface area (Å²) in [6.45, 7) is 4.58. The molecule has 0 spiro atoms. The van der Waals surface area contributed by atoms with E-state index in [0.29, 0.717) is 6.61 Å². The van der Waals surface area contributed by atoms with Crippen molar-refractivity contribution in [3.05, 3.63) is 64.1 Å². The molecule has 0 aromatic heterocycles. The zero-order valence-electron chi connectivity index (χ0n) is 11.0. The maximum absolute atomic E-state index is 5.82. The number of benzene rings is 2. The predicted molar refractivity (Wildman–Crippen MR) is 82.3 cm³/mol. The molecule has 2 nitrogen and oxygen atoms in total. The first kappa shape index (κ1) is 14.1. The van der Waals surface area contributed by atoms with Crippen molar-refractivity contribution < 1.29 is 4.74 Å². The molecule has 0 unspecified atom stereocenters. The lowest BCUT2D eigenvalue weighted by Crippen LogP contribution is -2.11. The van der Waals surface area contributed by atoms with Crippen molar-refractivity contribution in [1.82, 2.24) is 5.32 Å². The second kappa shape index (κ2) is 7.31. The Hall–Kier alpha value is -1.32. The monoisotopic (exact) mass is 319 g/mol. The smallest absolute Gasteiger partial charge is 0.133 e. The fraction of sp³-hybridized carbons (Fsp3) is 0.250. The van der Waals surface area contributed by atoms with Gasteiger partial charge in [0.1, 0.15) is 12.4 Å². The van der Waals surface area contributed by atoms with Gasteiger partial charge in [-0.2, -0.15) is 0 Å². The number of hydrogen-bond donors (Lipinski definition) is 1. The summed E-state index contributed by atoms with van der Waals surface area (Å²) in [4.78, 5) is 0. The van der Waals surface area contributed by atoms with Gasteiger partial charge in [-0.25, -0.2) is 0 Å². The third kappa shape index (κ3) is 4.37. The molecule has 0 heterocycles. The van der Waals surface area contributed by atoms with Crippen molar-refractivity contribution in [3.63, 3.8) is 0 Å². The highest BCUT2D eigenvalue weighted by Gasteiger charge is 2.01. The largest absolute Gasteiger partial charge is 0.488 e. The minimum absolute atomic E-state index is 0.586. The minimum atomic E-state index is 0.586. The summed E-state index contributed by atoms with van der Waals surface area (Å²) >= 11 is 3.48. The maximum Gasteiger partial charge on any atom is 0.133 e. The molecule has 2 aromatic rings. The fourth-order valence-electron chi connectivity index (χ4n) is 1.82. The van der Waals surface area contributed by atoms with Crippen LogP contribution in [0.4, 0.5) is 0 Å². The number of hydrogen-bond acceptors (Lipinski definition) is 2. The summed E-state index contributed by atoms with van der Waals surface area (Å²) in [5.41, 5.74) is 2.47. The van der Waals surface area contributed by atoms with Gasteiger partial charge >= 0.3 is 0 Å². The van der Waals surface area contributed by atoms with E-state index in [-0.39, 0.29) is 0 Å². The first-order chi connectivity index (χ1) is 9.29. The zero-order chi connectivity index (χ0) is 13.5. The number of nitrogens with one attached hydrogen (secondary N) is 1. The first-order valence-corrected chi connectivity index (χ1v) is 7.24. The minimum Gasteiger partial charge on any atom is -0.488 e. The molecule has 19 heavy (non-hydrogen) atoms. The fourth-order valence-corrected chi connectivity index (χ4v) is 2.22. The van der Waals surface area contributed by atoms with Crippen molar-refractivity contribution in [2.24, 2.45) is 0 Å². The lowest BCUT2D eigenvalue weighted by atomic mass is 10.1. The molecule has 100 valence electrons. The second-order valence-corrected chi connectivity index (χ2v) is 5.17. The highest BCUT2D eigenvalue weighted by Crippen LogP contribution is 2.24. The molecule has 0 fully saturated rings. The molecular weight excluding hydrogens is 302 g/mol. The van der Waals surface area contributed by atoms with E-state index in [0.717, 1.165) is 23.3 Å². The SMILES string of the molecule is CCNCc1cccc(COc2ccccc2Br)c1. The van der Waals surface area contributed by atoms with Crippen molar-refractivity contribution in [1.29, 1.82) is 0 Å². The topological polar surface area (TPSA) is 21.3 Å². The average molecular weight is 320 g/mol. The van der Waals surface area contributed by atoms with Crippen LogP contribution in [0.25, 0.3) is 0 Å². The van der Waals surface area contributed by atoms with E-state index >= 15 is 0 Å². The highest BCUT2D eigenvalue weighted by atomic mass is 79.9. The molecule has 0 aliphatic heterocycles. The van der Waals surface area contributed by atoms with Crippen LogP contribution in [0.1, 0.15) is 18.1 Å². The Labute approximate surface area is 122 Å². The van der Waals surface area contributed by atoms with Gasteiger partial charge in [-0.3, -0.25) is 0 Å². The van der Waals surface area contributed by atoms with Gasteiger partial charge in [0.15, 0.2) is 0 Å². The van der Waals surface area contributed by atoms with Crippen LogP contribution in [0.15, 0.2) is 53.0 Å². The first-order valence-electron chi connectivity index (χ1n) is 6.45. The number of ether oxygens (including phenoxy) is 1. The van der Waals surface area contributed by atoms with Crippen molar-refractivity contribution in [2.75, 3.05) is 6.54 Å². The molecule has 2 rings (SSSR count). The van der Waals surface area contributed by atoms with Gasteiger partial charge in [-0.05, 0) is 45.7 Å². The van der Waals surface area contributed by atoms with Crippen LogP contribution in [0.3, 0.4) is 0 Å². The van der Waals surface area contributed by atoms with E-state index < -0.39 is 0 Å². The average Bonchev–Trinajstić information content (AvgIpc) is 2.45. The molecule has 0 aliphatic rings. The van der Waals surface area contributed by atoms with E-state index in [1.165, 1.54) is 11.1 Å². The molecule has 0 atom stereocenters. The Balaban J connectivity index is 1.98. The van der Waals surface area contributed by atoms with Gasteiger partial charge in [0.2, 0.25) is 0 Å². The molecule has 2 aromatic carbocycles. The third-order valence-corrected chi connectivity index (χ3v) is 3.46. The molecule has 0 amide bonds. The Morgan fingerprint density at radius 2 is 1.84 bits per heavy atom. The normalized spacial score (nSPS) is 10.4. The summed E-state index contributed by atoms with van der Waals surface area (Å²) in [6, 6.07) is 16.4. The van der Waals surface area contributed by atoms with Gasteiger partial charge in [0.05, 0.1) is 4.47 Å². The molecule has 0 aliphatic carbocycles. The maximum atomic E-state index is 5.82. The van der Waals surface area contributed by atoms with Gasteiger partial charge in [0, 0.05) is 6.54 Å². The molecule has 0 radical (unpaired) electrons. The zero-order valence-corrected chi connectivity index (χ0v) is 12.6. The van der Waals surface area contributed by atoms with Gasteiger partial charge in [-0.15, -0.1) is 0 Å². The van der Waals surface area contributed by atoms with E-state index in [1.807, 2.05) is 24.3 Å². The van der Waals surface area contributed by atoms with Crippen LogP contribution >= 0.6 is 15.9 Å². The lowest BCUT2D eigenvalue weighted by molar-refractivity contribution is 0.304. The van der Waals surface area contributed by atoms with Gasteiger partial charge in [0.25, 0.3) is 0 Å². The Kier molecular flexibility index (Phi) is 5.43. The number of halogens is 1. The summed E-state index contributed by atoms with van der Waals surface area (Å²) in [6.07, 6.45) is 0. The van der Waals surface area contributed by atoms with Crippen LogP contribution < -0.4 is 10.1 Å². The van der Waals surface area contributed by atoms with E-state index in [2.05, 4.69) is 52.4 Å². The van der Waals surface area contributed by atoms with Crippen molar-refractivity contribution in [2.45, 2.75) is 20.1 Å². The summed E-state index contributed by atoms with van der Waals surface area (Å²) in [7, 11) is 0. The van der Waals surface area contributed by atoms with E-state index in [1.54, 1.807) is 0 Å². The quantitative estimate of drug-likeness (QED) is 0.864. The molecule has 1 N–H and O–H groups in total. The van der Waals surface area contributed by atoms with E-state index in [4.69, 9.17) is 4.74 Å². The second-order valence-electron chi connectivity index (χ2n) is 4.32. The predicted octanol–water partition coefficient (Wildman–Crippen LogP) is 4.14. The molecular formula is C16H18BrNO. The van der Waals surface area contributed by atoms with Crippen molar-refractivity contribution in [3.8, 4) is 5.75 Å². The summed E-state index contributed by atoms with van der Waals surface area (Å²) < 4.78 is 6.80. The van der Waals surface area contributed by atoms with Crippen LogP contribution in [0.5, 0.6) is 5.75 Å². The third-order valence-electron chi connectivity index (χ3n) is 2.80. The van der Waals surface area contributed by atoms with Crippen LogP contribution in [-0.2, 0) is 13.2 Å². The van der Waals surface area contributed by atoms with Crippen LogP contribution in [-0.4, -0.2) is 6.54 Å². The van der Waals surface area contributed by atoms with Crippen molar-refractivity contribution >= 4 is 15.9 Å².